The highest BCUT2D eigenvalue weighted by atomic mass is 15.3. The van der Waals surface area contributed by atoms with Gasteiger partial charge in [0.2, 0.25) is 0 Å². The molecular formula is C36H36N8. The molecule has 1 heterocycles. The lowest BCUT2D eigenvalue weighted by Crippen LogP contribution is -2.22. The first kappa shape index (κ1) is 30.0. The van der Waals surface area contributed by atoms with Crippen LogP contribution in [0.2, 0.25) is 0 Å². The van der Waals surface area contributed by atoms with Crippen LogP contribution in [0.4, 0.5) is 34.1 Å². The Hall–Kier alpha value is -5.50. The highest BCUT2D eigenvalue weighted by Crippen LogP contribution is 2.31. The molecule has 8 nitrogen and oxygen atoms in total. The Bertz CT molecular complexity index is 1620. The van der Waals surface area contributed by atoms with Crippen LogP contribution in [-0.4, -0.2) is 34.3 Å². The third-order valence-corrected chi connectivity index (χ3v) is 6.98. The number of nitrogens with zero attached hydrogens (tertiary/aromatic N) is 6. The van der Waals surface area contributed by atoms with E-state index >= 15 is 0 Å². The van der Waals surface area contributed by atoms with Crippen molar-refractivity contribution in [2.24, 2.45) is 30.2 Å². The molecule has 0 amide bonds. The molecule has 0 spiro atoms. The maximum Gasteiger partial charge on any atom is 0.126 e. The molecule has 0 atom stereocenters. The molecule has 0 fully saturated rings. The number of fused-ring (bicyclic) bond motifs is 2. The van der Waals surface area contributed by atoms with Crippen LogP contribution >= 0.6 is 0 Å². The first-order valence-corrected chi connectivity index (χ1v) is 14.5. The lowest BCUT2D eigenvalue weighted by Gasteiger charge is -2.13. The summed E-state index contributed by atoms with van der Waals surface area (Å²) in [6.45, 7) is 11.8. The van der Waals surface area contributed by atoms with Crippen LogP contribution in [0.15, 0.2) is 127 Å². The molecule has 8 heteroatoms. The molecule has 5 rings (SSSR count). The van der Waals surface area contributed by atoms with Crippen LogP contribution in [0.5, 0.6) is 0 Å². The summed E-state index contributed by atoms with van der Waals surface area (Å²) >= 11 is 0. The molecule has 4 aromatic rings. The molecule has 0 aromatic heterocycles. The van der Waals surface area contributed by atoms with Gasteiger partial charge in [0.1, 0.15) is 11.4 Å². The van der Waals surface area contributed by atoms with Crippen molar-refractivity contribution in [3.05, 3.63) is 108 Å². The molecule has 1 aliphatic heterocycles. The van der Waals surface area contributed by atoms with Gasteiger partial charge in [0.05, 0.1) is 57.0 Å². The van der Waals surface area contributed by atoms with Gasteiger partial charge in [0, 0.05) is 0 Å². The van der Waals surface area contributed by atoms with E-state index in [9.17, 15) is 0 Å². The number of aliphatic imine (C=N–C) groups is 4. The first-order chi connectivity index (χ1) is 21.3. The van der Waals surface area contributed by atoms with Gasteiger partial charge in [-0.05, 0) is 90.1 Å². The molecule has 0 saturated heterocycles. The summed E-state index contributed by atoms with van der Waals surface area (Å²) in [5.74, 6) is 0. The number of anilines is 2. The van der Waals surface area contributed by atoms with Gasteiger partial charge in [-0.1, -0.05) is 59.7 Å². The molecule has 1 aliphatic rings. The SMILES string of the molecule is CC1=Nc2ccccc2N=C(C)C(=NNc2ccc(C)cc2)C(C)=Nc2ccccc2N=C(C)C1=NNc1ccc(C)cc1. The minimum Gasteiger partial charge on any atom is -0.278 e. The van der Waals surface area contributed by atoms with E-state index in [0.717, 1.165) is 11.4 Å². The minimum atomic E-state index is 0.623. The molecule has 0 bridgehead atoms. The van der Waals surface area contributed by atoms with Crippen LogP contribution in [0, 0.1) is 13.8 Å². The Morgan fingerprint density at radius 3 is 0.932 bits per heavy atom. The van der Waals surface area contributed by atoms with E-state index in [1.54, 1.807) is 0 Å². The van der Waals surface area contributed by atoms with Crippen LogP contribution < -0.4 is 10.9 Å². The Morgan fingerprint density at radius 2 is 0.659 bits per heavy atom. The van der Waals surface area contributed by atoms with Gasteiger partial charge >= 0.3 is 0 Å². The van der Waals surface area contributed by atoms with E-state index in [0.29, 0.717) is 57.0 Å². The lowest BCUT2D eigenvalue weighted by molar-refractivity contribution is 1.33. The Balaban J connectivity index is 1.67. The Kier molecular flexibility index (Phi) is 9.30. The molecule has 0 radical (unpaired) electrons. The normalized spacial score (nSPS) is 13.7. The Labute approximate surface area is 258 Å². The predicted molar refractivity (Wildman–Crippen MR) is 188 cm³/mol. The number of para-hydroxylation sites is 4. The van der Waals surface area contributed by atoms with Gasteiger partial charge < -0.3 is 0 Å². The van der Waals surface area contributed by atoms with E-state index in [1.807, 2.05) is 125 Å². The fourth-order valence-corrected chi connectivity index (χ4v) is 4.59. The Morgan fingerprint density at radius 1 is 0.386 bits per heavy atom. The van der Waals surface area contributed by atoms with Crippen LogP contribution in [0.25, 0.3) is 0 Å². The van der Waals surface area contributed by atoms with E-state index in [1.165, 1.54) is 11.1 Å². The highest BCUT2D eigenvalue weighted by Gasteiger charge is 2.16. The summed E-state index contributed by atoms with van der Waals surface area (Å²) in [5.41, 5.74) is 17.3. The van der Waals surface area contributed by atoms with Crippen molar-refractivity contribution in [2.45, 2.75) is 41.5 Å². The van der Waals surface area contributed by atoms with Crippen molar-refractivity contribution in [2.75, 3.05) is 10.9 Å². The van der Waals surface area contributed by atoms with Gasteiger partial charge in [0.15, 0.2) is 0 Å². The highest BCUT2D eigenvalue weighted by molar-refractivity contribution is 6.69. The van der Waals surface area contributed by atoms with Crippen LogP contribution in [0.1, 0.15) is 38.8 Å². The minimum absolute atomic E-state index is 0.623. The standard InChI is InChI=1S/C36H36N8/c1-23-15-19-29(20-16-23)41-43-35-25(3)37-31-11-7-9-13-33(31)39-27(5)36(44-42-30-21-17-24(2)18-22-30)28(6)40-34-14-10-8-12-32(34)38-26(35)4/h7-22,41-42H,1-6H3. The monoisotopic (exact) mass is 580 g/mol. The third-order valence-electron chi connectivity index (χ3n) is 6.98. The van der Waals surface area contributed by atoms with Crippen molar-refractivity contribution >= 4 is 68.4 Å². The van der Waals surface area contributed by atoms with Crippen LogP contribution in [-0.2, 0) is 0 Å². The predicted octanol–water partition coefficient (Wildman–Crippen LogP) is 9.32. The van der Waals surface area contributed by atoms with Crippen molar-refractivity contribution in [3.8, 4) is 0 Å². The molecule has 4 aromatic carbocycles. The van der Waals surface area contributed by atoms with E-state index < -0.39 is 0 Å². The number of rotatable bonds is 4. The zero-order valence-corrected chi connectivity index (χ0v) is 25.9. The lowest BCUT2D eigenvalue weighted by atomic mass is 10.1. The van der Waals surface area contributed by atoms with E-state index in [-0.39, 0.29) is 0 Å². The molecule has 2 N–H and O–H groups in total. The number of aryl methyl sites for hydroxylation is 2. The second kappa shape index (κ2) is 13.6. The maximum atomic E-state index is 4.99. The summed E-state index contributed by atoms with van der Waals surface area (Å²) < 4.78 is 0. The number of hydrogen-bond donors (Lipinski definition) is 2. The number of hydrogen-bond acceptors (Lipinski definition) is 8. The van der Waals surface area contributed by atoms with Gasteiger partial charge in [-0.2, -0.15) is 10.2 Å². The molecule has 220 valence electrons. The maximum absolute atomic E-state index is 4.99. The molecule has 44 heavy (non-hydrogen) atoms. The number of nitrogens with one attached hydrogen (secondary N) is 2. The fraction of sp³-hybridized carbons (Fsp3) is 0.167. The summed E-state index contributed by atoms with van der Waals surface area (Å²) in [7, 11) is 0. The number of hydrazone groups is 2. The zero-order chi connectivity index (χ0) is 31.1. The summed E-state index contributed by atoms with van der Waals surface area (Å²) in [6, 6.07) is 31.7. The molecule has 0 saturated carbocycles. The molecular weight excluding hydrogens is 544 g/mol. The van der Waals surface area contributed by atoms with Crippen molar-refractivity contribution in [1.29, 1.82) is 0 Å². The molecule has 0 unspecified atom stereocenters. The van der Waals surface area contributed by atoms with Crippen LogP contribution in [0.3, 0.4) is 0 Å². The zero-order valence-electron chi connectivity index (χ0n) is 25.9. The topological polar surface area (TPSA) is 98.2 Å². The van der Waals surface area contributed by atoms with Gasteiger partial charge in [-0.25, -0.2) is 20.0 Å². The summed E-state index contributed by atoms with van der Waals surface area (Å²) in [4.78, 5) is 20.0. The third kappa shape index (κ3) is 7.46. The fourth-order valence-electron chi connectivity index (χ4n) is 4.59. The van der Waals surface area contributed by atoms with Crippen molar-refractivity contribution in [1.82, 2.24) is 0 Å². The quantitative estimate of drug-likeness (QED) is 0.235. The number of benzene rings is 4. The van der Waals surface area contributed by atoms with E-state index in [2.05, 4.69) is 24.7 Å². The summed E-state index contributed by atoms with van der Waals surface area (Å²) in [6.07, 6.45) is 0. The van der Waals surface area contributed by atoms with Crippen molar-refractivity contribution < 1.29 is 0 Å². The average Bonchev–Trinajstić information content (AvgIpc) is 3.01. The van der Waals surface area contributed by atoms with E-state index in [4.69, 9.17) is 30.2 Å². The van der Waals surface area contributed by atoms with Gasteiger partial charge in [0.25, 0.3) is 0 Å². The second-order valence-corrected chi connectivity index (χ2v) is 10.6. The largest absolute Gasteiger partial charge is 0.278 e. The summed E-state index contributed by atoms with van der Waals surface area (Å²) in [5, 5.41) is 9.53. The smallest absolute Gasteiger partial charge is 0.126 e. The van der Waals surface area contributed by atoms with Gasteiger partial charge in [-0.3, -0.25) is 10.9 Å². The molecule has 0 aliphatic carbocycles. The first-order valence-electron chi connectivity index (χ1n) is 14.5. The van der Waals surface area contributed by atoms with Gasteiger partial charge in [-0.15, -0.1) is 0 Å². The van der Waals surface area contributed by atoms with Crippen molar-refractivity contribution in [3.63, 3.8) is 0 Å². The second-order valence-electron chi connectivity index (χ2n) is 10.6. The average molecular weight is 581 g/mol.